The van der Waals surface area contributed by atoms with Gasteiger partial charge >= 0.3 is 0 Å². The van der Waals surface area contributed by atoms with Crippen LogP contribution in [-0.2, 0) is 14.4 Å². The van der Waals surface area contributed by atoms with Gasteiger partial charge in [0.05, 0.1) is 12.6 Å². The average Bonchev–Trinajstić information content (AvgIpc) is 3.15. The molecule has 2 atom stereocenters. The molecule has 134 valence electrons. The number of hydrogen-bond donors (Lipinski definition) is 1. The predicted octanol–water partition coefficient (Wildman–Crippen LogP) is 1.05. The Balaban J connectivity index is 1.71. The molecule has 6 heteroatoms. The molecule has 1 aromatic rings. The summed E-state index contributed by atoms with van der Waals surface area (Å²) in [5.41, 5.74) is 2.30. The van der Waals surface area contributed by atoms with E-state index in [2.05, 4.69) is 17.4 Å². The second kappa shape index (κ2) is 7.25. The zero-order valence-electron chi connectivity index (χ0n) is 14.8. The van der Waals surface area contributed by atoms with E-state index in [1.54, 1.807) is 9.80 Å². The lowest BCUT2D eigenvalue weighted by atomic mass is 9.93. The number of aryl methyl sites for hydroxylation is 1. The highest BCUT2D eigenvalue weighted by Crippen LogP contribution is 2.28. The quantitative estimate of drug-likeness (QED) is 0.888. The zero-order chi connectivity index (χ0) is 18.0. The van der Waals surface area contributed by atoms with Gasteiger partial charge in [-0.25, -0.2) is 0 Å². The minimum absolute atomic E-state index is 0.0415. The number of hydrogen-bond acceptors (Lipinski definition) is 3. The number of nitrogens with zero attached hydrogens (tertiary/aromatic N) is 2. The van der Waals surface area contributed by atoms with Gasteiger partial charge in [-0.3, -0.25) is 14.4 Å². The number of amides is 3. The van der Waals surface area contributed by atoms with E-state index >= 15 is 0 Å². The summed E-state index contributed by atoms with van der Waals surface area (Å²) in [4.78, 5) is 39.3. The first-order valence-corrected chi connectivity index (χ1v) is 8.83. The molecule has 2 aliphatic rings. The lowest BCUT2D eigenvalue weighted by molar-refractivity contribution is -0.137. The first-order valence-electron chi connectivity index (χ1n) is 8.83. The van der Waals surface area contributed by atoms with Crippen molar-refractivity contribution in [2.45, 2.75) is 38.6 Å². The molecular weight excluding hydrogens is 318 g/mol. The summed E-state index contributed by atoms with van der Waals surface area (Å²) in [5, 5.41) is 2.98. The highest BCUT2D eigenvalue weighted by molar-refractivity contribution is 5.86. The second-order valence-electron chi connectivity index (χ2n) is 7.04. The Kier molecular flexibility index (Phi) is 5.06. The van der Waals surface area contributed by atoms with Crippen molar-refractivity contribution in [3.63, 3.8) is 0 Å². The van der Waals surface area contributed by atoms with Crippen LogP contribution in [0.1, 0.15) is 36.8 Å². The van der Waals surface area contributed by atoms with Crippen molar-refractivity contribution in [1.29, 1.82) is 0 Å². The largest absolute Gasteiger partial charge is 0.351 e. The number of benzene rings is 1. The summed E-state index contributed by atoms with van der Waals surface area (Å²) >= 11 is 0. The lowest BCUT2D eigenvalue weighted by Crippen LogP contribution is -2.42. The van der Waals surface area contributed by atoms with Crippen molar-refractivity contribution in [2.24, 2.45) is 0 Å². The fraction of sp³-hybridized carbons (Fsp3) is 0.526. The monoisotopic (exact) mass is 343 g/mol. The molecule has 0 aliphatic carbocycles. The Bertz CT molecular complexity index is 671. The molecular formula is C19H25N3O3. The smallest absolute Gasteiger partial charge is 0.242 e. The molecule has 0 saturated carbocycles. The van der Waals surface area contributed by atoms with E-state index in [4.69, 9.17) is 0 Å². The molecule has 2 saturated heterocycles. The van der Waals surface area contributed by atoms with Crippen LogP contribution in [0, 0.1) is 6.92 Å². The molecule has 2 aliphatic heterocycles. The molecule has 0 spiro atoms. The van der Waals surface area contributed by atoms with E-state index < -0.39 is 0 Å². The van der Waals surface area contributed by atoms with E-state index in [-0.39, 0.29) is 36.2 Å². The maximum atomic E-state index is 12.6. The fourth-order valence-electron chi connectivity index (χ4n) is 3.70. The molecule has 2 fully saturated rings. The minimum atomic E-state index is -0.0987. The SMILES string of the molecule is CC(=O)N[C@@H]1CN(C(=O)CN2CCCC2=O)C[C@H]1c1ccc(C)cc1. The van der Waals surface area contributed by atoms with Gasteiger partial charge in [0.25, 0.3) is 0 Å². The normalized spacial score (nSPS) is 23.2. The summed E-state index contributed by atoms with van der Waals surface area (Å²) < 4.78 is 0. The van der Waals surface area contributed by atoms with Crippen LogP contribution in [-0.4, -0.2) is 59.7 Å². The molecule has 0 radical (unpaired) electrons. The number of carbonyl (C=O) groups excluding carboxylic acids is 3. The molecule has 1 aromatic carbocycles. The van der Waals surface area contributed by atoms with Gasteiger partial charge in [0.15, 0.2) is 0 Å². The molecule has 0 bridgehead atoms. The van der Waals surface area contributed by atoms with E-state index in [0.717, 1.165) is 12.0 Å². The molecule has 1 N–H and O–H groups in total. The van der Waals surface area contributed by atoms with E-state index in [1.165, 1.54) is 12.5 Å². The van der Waals surface area contributed by atoms with Gasteiger partial charge in [-0.05, 0) is 18.9 Å². The van der Waals surface area contributed by atoms with Crippen molar-refractivity contribution in [3.8, 4) is 0 Å². The molecule has 3 amide bonds. The van der Waals surface area contributed by atoms with Crippen molar-refractivity contribution >= 4 is 17.7 Å². The van der Waals surface area contributed by atoms with Crippen LogP contribution in [0.15, 0.2) is 24.3 Å². The third-order valence-electron chi connectivity index (χ3n) is 5.06. The van der Waals surface area contributed by atoms with E-state index in [0.29, 0.717) is 26.1 Å². The topological polar surface area (TPSA) is 69.7 Å². The summed E-state index contributed by atoms with van der Waals surface area (Å²) in [5.74, 6) is -0.00452. The Morgan fingerprint density at radius 1 is 1.20 bits per heavy atom. The van der Waals surface area contributed by atoms with Crippen molar-refractivity contribution in [2.75, 3.05) is 26.2 Å². The van der Waals surface area contributed by atoms with Gasteiger partial charge in [-0.15, -0.1) is 0 Å². The van der Waals surface area contributed by atoms with Crippen LogP contribution in [0.2, 0.25) is 0 Å². The standard InChI is InChI=1S/C19H25N3O3/c1-13-5-7-15(8-6-13)16-10-22(11-17(16)20-14(2)23)19(25)12-21-9-3-4-18(21)24/h5-8,16-17H,3-4,9-12H2,1-2H3,(H,20,23)/t16-,17+/m0/s1. The van der Waals surface area contributed by atoms with Gasteiger partial charge in [0.1, 0.15) is 0 Å². The van der Waals surface area contributed by atoms with Crippen molar-refractivity contribution < 1.29 is 14.4 Å². The second-order valence-corrected chi connectivity index (χ2v) is 7.04. The van der Waals surface area contributed by atoms with Crippen LogP contribution < -0.4 is 5.32 Å². The Labute approximate surface area is 148 Å². The lowest BCUT2D eigenvalue weighted by Gasteiger charge is -2.21. The molecule has 25 heavy (non-hydrogen) atoms. The molecule has 0 unspecified atom stereocenters. The Morgan fingerprint density at radius 2 is 1.92 bits per heavy atom. The van der Waals surface area contributed by atoms with Crippen LogP contribution >= 0.6 is 0 Å². The molecule has 3 rings (SSSR count). The predicted molar refractivity (Wildman–Crippen MR) is 93.9 cm³/mol. The average molecular weight is 343 g/mol. The molecule has 0 aromatic heterocycles. The summed E-state index contributed by atoms with van der Waals surface area (Å²) in [7, 11) is 0. The number of carbonyl (C=O) groups is 3. The first kappa shape index (κ1) is 17.5. The Hall–Kier alpha value is -2.37. The minimum Gasteiger partial charge on any atom is -0.351 e. The van der Waals surface area contributed by atoms with Gasteiger partial charge in [-0.1, -0.05) is 29.8 Å². The zero-order valence-corrected chi connectivity index (χ0v) is 14.8. The summed E-state index contributed by atoms with van der Waals surface area (Å²) in [6.07, 6.45) is 1.36. The summed E-state index contributed by atoms with van der Waals surface area (Å²) in [6.45, 7) is 5.39. The first-order chi connectivity index (χ1) is 11.9. The third kappa shape index (κ3) is 4.00. The molecule has 6 nitrogen and oxygen atoms in total. The number of nitrogens with one attached hydrogen (secondary N) is 1. The van der Waals surface area contributed by atoms with Gasteiger partial charge in [0.2, 0.25) is 17.7 Å². The van der Waals surface area contributed by atoms with Gasteiger partial charge in [0, 0.05) is 38.9 Å². The fourth-order valence-corrected chi connectivity index (χ4v) is 3.70. The van der Waals surface area contributed by atoms with Crippen LogP contribution in [0.3, 0.4) is 0 Å². The highest BCUT2D eigenvalue weighted by atomic mass is 16.2. The maximum Gasteiger partial charge on any atom is 0.242 e. The van der Waals surface area contributed by atoms with Crippen molar-refractivity contribution in [1.82, 2.24) is 15.1 Å². The molecule has 2 heterocycles. The number of rotatable bonds is 4. The highest BCUT2D eigenvalue weighted by Gasteiger charge is 2.37. The van der Waals surface area contributed by atoms with E-state index in [9.17, 15) is 14.4 Å². The number of likely N-dealkylation sites (tertiary alicyclic amines) is 2. The van der Waals surface area contributed by atoms with Crippen LogP contribution in [0.25, 0.3) is 0 Å². The maximum absolute atomic E-state index is 12.6. The van der Waals surface area contributed by atoms with Gasteiger partial charge < -0.3 is 15.1 Å². The van der Waals surface area contributed by atoms with Crippen molar-refractivity contribution in [3.05, 3.63) is 35.4 Å². The Morgan fingerprint density at radius 3 is 2.52 bits per heavy atom. The third-order valence-corrected chi connectivity index (χ3v) is 5.06. The van der Waals surface area contributed by atoms with E-state index in [1.807, 2.05) is 19.1 Å². The summed E-state index contributed by atoms with van der Waals surface area (Å²) in [6, 6.07) is 8.12. The van der Waals surface area contributed by atoms with Crippen LogP contribution in [0.4, 0.5) is 0 Å². The van der Waals surface area contributed by atoms with Crippen LogP contribution in [0.5, 0.6) is 0 Å². The van der Waals surface area contributed by atoms with Gasteiger partial charge in [-0.2, -0.15) is 0 Å².